The number of urea groups is 1. The number of likely N-dealkylation sites (N-methyl/N-ethyl adjacent to an activating group) is 1. The van der Waals surface area contributed by atoms with E-state index in [-0.39, 0.29) is 32.5 Å². The number of carbonyl (C=O) groups is 3. The lowest BCUT2D eigenvalue weighted by molar-refractivity contribution is -0.142. The number of carbonyl (C=O) groups excluding carboxylic acids is 1. The second-order valence-electron chi connectivity index (χ2n) is 3.95. The molecule has 0 aromatic heterocycles. The van der Waals surface area contributed by atoms with Crippen LogP contribution in [0.15, 0.2) is 0 Å². The number of nitrogens with zero attached hydrogens (tertiary/aromatic N) is 1. The third kappa shape index (κ3) is 6.61. The maximum Gasteiger partial charge on any atom is 0.326 e. The molecule has 0 spiro atoms. The second-order valence-corrected chi connectivity index (χ2v) is 3.95. The Morgan fingerprint density at radius 1 is 1.32 bits per heavy atom. The summed E-state index contributed by atoms with van der Waals surface area (Å²) in [5.41, 5.74) is 5.33. The molecule has 0 aliphatic rings. The molecule has 0 unspecified atom stereocenters. The predicted octanol–water partition coefficient (Wildman–Crippen LogP) is -0.315. The molecule has 8 nitrogen and oxygen atoms in total. The largest absolute Gasteiger partial charge is 0.481 e. The van der Waals surface area contributed by atoms with Crippen LogP contribution in [0.3, 0.4) is 0 Å². The monoisotopic (exact) mass is 275 g/mol. The van der Waals surface area contributed by atoms with Crippen molar-refractivity contribution < 1.29 is 24.6 Å². The zero-order valence-corrected chi connectivity index (χ0v) is 11.0. The van der Waals surface area contributed by atoms with Crippen LogP contribution in [-0.2, 0) is 9.59 Å². The van der Waals surface area contributed by atoms with E-state index in [1.807, 2.05) is 0 Å². The molecule has 0 saturated heterocycles. The zero-order chi connectivity index (χ0) is 14.8. The molecule has 0 fully saturated rings. The predicted molar refractivity (Wildman–Crippen MR) is 67.7 cm³/mol. The van der Waals surface area contributed by atoms with E-state index < -0.39 is 24.0 Å². The van der Waals surface area contributed by atoms with E-state index in [0.717, 1.165) is 0 Å². The SMILES string of the molecule is CCN(C(=O)NCCCC(=O)O)[C@@H](CCN)C(=O)O. The number of hydrogen-bond acceptors (Lipinski definition) is 4. The van der Waals surface area contributed by atoms with Crippen molar-refractivity contribution in [3.8, 4) is 0 Å². The molecule has 0 radical (unpaired) electrons. The Kier molecular flexibility index (Phi) is 8.27. The third-order valence-corrected chi connectivity index (χ3v) is 2.55. The lowest BCUT2D eigenvalue weighted by atomic mass is 10.2. The summed E-state index contributed by atoms with van der Waals surface area (Å²) < 4.78 is 0. The fourth-order valence-corrected chi connectivity index (χ4v) is 1.61. The van der Waals surface area contributed by atoms with Gasteiger partial charge in [0.1, 0.15) is 6.04 Å². The molecule has 0 aromatic rings. The fourth-order valence-electron chi connectivity index (χ4n) is 1.61. The first kappa shape index (κ1) is 17.2. The van der Waals surface area contributed by atoms with Crippen molar-refractivity contribution in [2.24, 2.45) is 5.73 Å². The first-order chi connectivity index (χ1) is 8.93. The molecule has 0 rings (SSSR count). The van der Waals surface area contributed by atoms with Crippen LogP contribution in [0.1, 0.15) is 26.2 Å². The summed E-state index contributed by atoms with van der Waals surface area (Å²) in [4.78, 5) is 34.3. The van der Waals surface area contributed by atoms with Gasteiger partial charge in [0, 0.05) is 19.5 Å². The van der Waals surface area contributed by atoms with Gasteiger partial charge in [-0.3, -0.25) is 4.79 Å². The van der Waals surface area contributed by atoms with E-state index in [1.165, 1.54) is 4.90 Å². The Morgan fingerprint density at radius 2 is 1.95 bits per heavy atom. The van der Waals surface area contributed by atoms with Gasteiger partial charge in [0.2, 0.25) is 0 Å². The van der Waals surface area contributed by atoms with Gasteiger partial charge in [0.25, 0.3) is 0 Å². The van der Waals surface area contributed by atoms with Crippen LogP contribution < -0.4 is 11.1 Å². The Balaban J connectivity index is 4.36. The molecule has 0 aliphatic heterocycles. The molecule has 2 amide bonds. The molecule has 0 heterocycles. The van der Waals surface area contributed by atoms with Crippen LogP contribution in [0.5, 0.6) is 0 Å². The highest BCUT2D eigenvalue weighted by molar-refractivity contribution is 5.82. The normalized spacial score (nSPS) is 11.7. The maximum absolute atomic E-state index is 11.8. The smallest absolute Gasteiger partial charge is 0.326 e. The van der Waals surface area contributed by atoms with Crippen molar-refractivity contribution in [1.29, 1.82) is 0 Å². The van der Waals surface area contributed by atoms with Crippen LogP contribution in [0.4, 0.5) is 4.79 Å². The molecular weight excluding hydrogens is 254 g/mol. The maximum atomic E-state index is 11.8. The van der Waals surface area contributed by atoms with Crippen LogP contribution in [0.2, 0.25) is 0 Å². The van der Waals surface area contributed by atoms with E-state index in [2.05, 4.69) is 5.32 Å². The van der Waals surface area contributed by atoms with E-state index >= 15 is 0 Å². The van der Waals surface area contributed by atoms with Gasteiger partial charge in [-0.05, 0) is 26.3 Å². The first-order valence-electron chi connectivity index (χ1n) is 6.13. The highest BCUT2D eigenvalue weighted by Crippen LogP contribution is 2.05. The first-order valence-corrected chi connectivity index (χ1v) is 6.13. The minimum absolute atomic E-state index is 0.0441. The molecule has 8 heteroatoms. The number of rotatable bonds is 9. The van der Waals surface area contributed by atoms with E-state index in [1.54, 1.807) is 6.92 Å². The second kappa shape index (κ2) is 9.15. The van der Waals surface area contributed by atoms with Crippen molar-refractivity contribution in [1.82, 2.24) is 10.2 Å². The van der Waals surface area contributed by atoms with Gasteiger partial charge < -0.3 is 26.2 Å². The van der Waals surface area contributed by atoms with Crippen molar-refractivity contribution in [2.75, 3.05) is 19.6 Å². The minimum Gasteiger partial charge on any atom is -0.481 e. The number of aliphatic carboxylic acids is 2. The van der Waals surface area contributed by atoms with Crippen LogP contribution in [0, 0.1) is 0 Å². The summed E-state index contributed by atoms with van der Waals surface area (Å²) in [6, 6.07) is -1.48. The number of carboxylic acids is 2. The topological polar surface area (TPSA) is 133 Å². The lowest BCUT2D eigenvalue weighted by Gasteiger charge is -2.27. The molecule has 0 aromatic carbocycles. The molecule has 0 bridgehead atoms. The Morgan fingerprint density at radius 3 is 2.37 bits per heavy atom. The van der Waals surface area contributed by atoms with Crippen molar-refractivity contribution in [3.05, 3.63) is 0 Å². The van der Waals surface area contributed by atoms with E-state index in [9.17, 15) is 14.4 Å². The van der Waals surface area contributed by atoms with Crippen molar-refractivity contribution in [2.45, 2.75) is 32.2 Å². The van der Waals surface area contributed by atoms with E-state index in [0.29, 0.717) is 6.42 Å². The zero-order valence-electron chi connectivity index (χ0n) is 11.0. The van der Waals surface area contributed by atoms with Gasteiger partial charge in [0.05, 0.1) is 0 Å². The average Bonchev–Trinajstić information content (AvgIpc) is 2.34. The number of amides is 2. The quantitative estimate of drug-likeness (QED) is 0.426. The molecule has 19 heavy (non-hydrogen) atoms. The number of nitrogens with one attached hydrogen (secondary N) is 1. The Labute approximate surface area is 111 Å². The third-order valence-electron chi connectivity index (χ3n) is 2.55. The molecule has 0 aliphatic carbocycles. The number of carboxylic acid groups (broad SMARTS) is 2. The Hall–Kier alpha value is -1.83. The van der Waals surface area contributed by atoms with E-state index in [4.69, 9.17) is 15.9 Å². The van der Waals surface area contributed by atoms with Gasteiger partial charge in [-0.15, -0.1) is 0 Å². The standard InChI is InChI=1S/C11H21N3O5/c1-2-14(8(5-6-12)10(17)18)11(19)13-7-3-4-9(15)16/h8H,2-7,12H2,1H3,(H,13,19)(H,15,16)(H,17,18)/t8-/m0/s1. The van der Waals surface area contributed by atoms with Crippen LogP contribution in [-0.4, -0.2) is 58.8 Å². The summed E-state index contributed by atoms with van der Waals surface area (Å²) in [7, 11) is 0. The lowest BCUT2D eigenvalue weighted by Crippen LogP contribution is -2.50. The van der Waals surface area contributed by atoms with Gasteiger partial charge in [-0.2, -0.15) is 0 Å². The van der Waals surface area contributed by atoms with Gasteiger partial charge in [0.15, 0.2) is 0 Å². The molecule has 5 N–H and O–H groups in total. The van der Waals surface area contributed by atoms with Gasteiger partial charge in [-0.25, -0.2) is 9.59 Å². The minimum atomic E-state index is -1.10. The highest BCUT2D eigenvalue weighted by atomic mass is 16.4. The molecule has 110 valence electrons. The summed E-state index contributed by atoms with van der Waals surface area (Å²) in [5.74, 6) is -2.04. The summed E-state index contributed by atoms with van der Waals surface area (Å²) >= 11 is 0. The number of hydrogen-bond donors (Lipinski definition) is 4. The summed E-state index contributed by atoms with van der Waals surface area (Å²) in [6.45, 7) is 2.27. The van der Waals surface area contributed by atoms with Crippen molar-refractivity contribution >= 4 is 18.0 Å². The summed E-state index contributed by atoms with van der Waals surface area (Å²) in [5, 5.41) is 20.0. The van der Waals surface area contributed by atoms with Gasteiger partial charge in [-0.1, -0.05) is 0 Å². The van der Waals surface area contributed by atoms with Crippen LogP contribution in [0.25, 0.3) is 0 Å². The highest BCUT2D eigenvalue weighted by Gasteiger charge is 2.27. The van der Waals surface area contributed by atoms with Gasteiger partial charge >= 0.3 is 18.0 Å². The average molecular weight is 275 g/mol. The summed E-state index contributed by atoms with van der Waals surface area (Å²) in [6.07, 6.45) is 0.427. The molecular formula is C11H21N3O5. The Bertz CT molecular complexity index is 321. The number of nitrogens with two attached hydrogens (primary N) is 1. The molecule has 0 saturated carbocycles. The fraction of sp³-hybridized carbons (Fsp3) is 0.727. The molecule has 1 atom stereocenters. The van der Waals surface area contributed by atoms with Crippen molar-refractivity contribution in [3.63, 3.8) is 0 Å². The van der Waals surface area contributed by atoms with Crippen LogP contribution >= 0.6 is 0 Å².